The number of carbonyl (C=O) groups is 16. The Balaban J connectivity index is 1.03. The number of nitrogens with zero attached hydrogens (tertiary/aromatic N) is 5. The molecule has 0 spiro atoms. The topological polar surface area (TPSA) is 553 Å². The van der Waals surface area contributed by atoms with E-state index < -0.39 is 272 Å². The van der Waals surface area contributed by atoms with Crippen LogP contribution in [-0.4, -0.2) is 306 Å². The number of aromatic amines is 1. The third-order valence-corrected chi connectivity index (χ3v) is 24.9. The lowest BCUT2D eigenvalue weighted by molar-refractivity contribution is -0.152. The number of carbonyl (C=O) groups excluding carboxylic acids is 14. The number of aromatic hydroxyl groups is 1. The molecule has 42 heteroatoms. The minimum absolute atomic E-state index is 0.0574. The number of carboxylic acids is 2. The lowest BCUT2D eigenvalue weighted by Crippen LogP contribution is -2.61. The van der Waals surface area contributed by atoms with E-state index in [0.717, 1.165) is 19.6 Å². The smallest absolute Gasteiger partial charge is 0.305 e. The molecule has 4 saturated heterocycles. The number of hydrogen-bond donors (Lipinski definition) is 16. The maximum atomic E-state index is 15.7. The van der Waals surface area contributed by atoms with Gasteiger partial charge in [0, 0.05) is 95.8 Å². The Bertz CT molecular complexity index is 5200. The number of aliphatic hydroxyl groups excluding tert-OH is 2. The summed E-state index contributed by atoms with van der Waals surface area (Å²) in [5.74, 6) is -25.0. The number of epoxide rings is 1. The third kappa shape index (κ3) is 27.6. The molecular weight excluding hydrogens is 1760 g/mol. The van der Waals surface area contributed by atoms with Gasteiger partial charge in [0.2, 0.25) is 82.7 Å². The van der Waals surface area contributed by atoms with Crippen LogP contribution < -0.4 is 53.6 Å². The van der Waals surface area contributed by atoms with Crippen LogP contribution in [0.4, 0.5) is 13.2 Å². The number of nitrogens with two attached hydrogens (primary N) is 1. The summed E-state index contributed by atoms with van der Waals surface area (Å²) < 4.78 is 51.2. The van der Waals surface area contributed by atoms with E-state index in [9.17, 15) is 68.3 Å². The maximum absolute atomic E-state index is 15.7. The molecule has 5 heterocycles. The van der Waals surface area contributed by atoms with Crippen LogP contribution in [0, 0.1) is 23.4 Å². The number of H-pyrrole nitrogens is 1. The molecule has 17 N–H and O–H groups in total. The Hall–Kier alpha value is -13.1. The zero-order valence-corrected chi connectivity index (χ0v) is 74.9. The number of phenolic OH excluding ortho intramolecular Hbond substituents is 1. The van der Waals surface area contributed by atoms with Gasteiger partial charge in [0.25, 0.3) is 0 Å². The number of benzene rings is 5. The van der Waals surface area contributed by atoms with Gasteiger partial charge in [-0.15, -0.1) is 11.8 Å². The molecule has 0 aliphatic carbocycles. The van der Waals surface area contributed by atoms with Crippen molar-refractivity contribution in [2.75, 3.05) is 58.9 Å². The molecule has 14 amide bonds. The second-order valence-corrected chi connectivity index (χ2v) is 34.9. The zero-order chi connectivity index (χ0) is 96.8. The number of para-hydroxylation sites is 1. The summed E-state index contributed by atoms with van der Waals surface area (Å²) in [7, 11) is 3.69. The van der Waals surface area contributed by atoms with Gasteiger partial charge in [-0.25, -0.2) is 13.2 Å². The van der Waals surface area contributed by atoms with Crippen LogP contribution in [0.3, 0.4) is 0 Å². The van der Waals surface area contributed by atoms with Crippen LogP contribution in [0.25, 0.3) is 10.9 Å². The molecule has 16 atom stereocenters. The summed E-state index contributed by atoms with van der Waals surface area (Å²) in [5, 5.41) is 76.8. The molecular formula is C91H113F3N16O22S. The fourth-order valence-electron chi connectivity index (χ4n) is 16.6. The zero-order valence-electron chi connectivity index (χ0n) is 74.1. The molecule has 4 aliphatic rings. The normalized spacial score (nSPS) is 25.7. The van der Waals surface area contributed by atoms with Gasteiger partial charge >= 0.3 is 11.9 Å². The van der Waals surface area contributed by atoms with Crippen LogP contribution in [0.2, 0.25) is 0 Å². The number of hydrogen-bond acceptors (Lipinski definition) is 22. The van der Waals surface area contributed by atoms with Gasteiger partial charge in [-0.05, 0) is 96.2 Å². The van der Waals surface area contributed by atoms with Gasteiger partial charge in [-0.1, -0.05) is 125 Å². The van der Waals surface area contributed by atoms with Crippen LogP contribution >= 0.6 is 11.8 Å². The Morgan fingerprint density at radius 3 is 1.76 bits per heavy atom. The molecule has 4 fully saturated rings. The fourth-order valence-corrected chi connectivity index (χ4v) is 17.5. The highest BCUT2D eigenvalue weighted by Gasteiger charge is 2.56. The lowest BCUT2D eigenvalue weighted by Gasteiger charge is -2.38. The van der Waals surface area contributed by atoms with Gasteiger partial charge in [-0.2, -0.15) is 0 Å². The van der Waals surface area contributed by atoms with E-state index in [4.69, 9.17) is 10.5 Å². The summed E-state index contributed by atoms with van der Waals surface area (Å²) in [6.45, 7) is 2.82. The van der Waals surface area contributed by atoms with E-state index in [1.807, 2.05) is 0 Å². The van der Waals surface area contributed by atoms with Gasteiger partial charge in [0.1, 0.15) is 84.5 Å². The minimum atomic E-state index is -1.96. The number of aromatic nitrogens is 1. The molecule has 0 radical (unpaired) electrons. The van der Waals surface area contributed by atoms with Crippen LogP contribution in [0.15, 0.2) is 128 Å². The fraction of sp³-hybridized carbons (Fsp3) is 0.473. The Labute approximate surface area is 767 Å². The van der Waals surface area contributed by atoms with Crippen molar-refractivity contribution >= 4 is 117 Å². The summed E-state index contributed by atoms with van der Waals surface area (Å²) in [4.78, 5) is 242. The van der Waals surface area contributed by atoms with Crippen molar-refractivity contribution in [3.05, 3.63) is 173 Å². The van der Waals surface area contributed by atoms with Gasteiger partial charge in [0.15, 0.2) is 17.5 Å². The number of aliphatic carboxylic acids is 2. The van der Waals surface area contributed by atoms with E-state index in [2.05, 4.69) is 52.8 Å². The molecule has 716 valence electrons. The number of carboxylic acid groups (broad SMARTS) is 2. The molecule has 0 saturated carbocycles. The van der Waals surface area contributed by atoms with E-state index in [-0.39, 0.29) is 75.8 Å². The Morgan fingerprint density at radius 2 is 1.14 bits per heavy atom. The van der Waals surface area contributed by atoms with Crippen molar-refractivity contribution < 1.29 is 120 Å². The van der Waals surface area contributed by atoms with E-state index in [1.54, 1.807) is 98.0 Å². The molecule has 4 aliphatic heterocycles. The average molecular weight is 1870 g/mol. The van der Waals surface area contributed by atoms with E-state index in [1.165, 1.54) is 64.2 Å². The van der Waals surface area contributed by atoms with E-state index >= 15 is 47.1 Å². The largest absolute Gasteiger partial charge is 0.508 e. The number of phenols is 1. The number of rotatable bonds is 23. The Morgan fingerprint density at radius 1 is 0.579 bits per heavy atom. The first kappa shape index (κ1) is 102. The number of likely N-dealkylation sites (N-methyl/N-ethyl adjacent to an activating group) is 3. The van der Waals surface area contributed by atoms with Crippen LogP contribution in [0.5, 0.6) is 5.75 Å². The predicted molar refractivity (Wildman–Crippen MR) is 474 cm³/mol. The first-order valence-electron chi connectivity index (χ1n) is 43.7. The van der Waals surface area contributed by atoms with Crippen molar-refractivity contribution in [3.63, 3.8) is 0 Å². The molecule has 1 aromatic heterocycles. The SMILES string of the molecule is CCCC[C@H]1C(=O)N2CCC[C@@H]2C(=O)N[C@@H](CC(=O)O)C(=O)N[C@@H](C(C)C)C(=O)N(C)C(Cc2ccccc2)C(=O)N[C@@H](CC(=O)O)C2OC2N2C[C@H](O)CC2C(=O)N[C@@H](Cc2c[nH]c3ccccc23)C(=O)N[C@@H](Cc2ccc(O)cc2)C(=O)N[C@@H](CCO)C(=O)N[C@H](C(=O)NCC(N)=O)CSCC(=O)N[C@@H](Cc2cc(F)c(F)c(F)c2)C(=O)N(C)C(Cc2ccccc2)C(=O)N1C. The highest BCUT2D eigenvalue weighted by Crippen LogP contribution is 2.37. The summed E-state index contributed by atoms with van der Waals surface area (Å²) in [5.41, 5.74) is 7.32. The number of fused-ring (bicyclic) bond motifs is 5. The average Bonchev–Trinajstić information content (AvgIpc) is 1.60. The number of ether oxygens (including phenoxy) is 1. The highest BCUT2D eigenvalue weighted by molar-refractivity contribution is 8.00. The first-order valence-corrected chi connectivity index (χ1v) is 44.8. The number of primary amides is 1. The summed E-state index contributed by atoms with van der Waals surface area (Å²) in [6.07, 6.45) is -6.29. The van der Waals surface area contributed by atoms with Crippen molar-refractivity contribution in [1.29, 1.82) is 0 Å². The number of halogens is 3. The van der Waals surface area contributed by atoms with Crippen molar-refractivity contribution in [2.24, 2.45) is 11.7 Å². The molecule has 5 unspecified atom stereocenters. The maximum Gasteiger partial charge on any atom is 0.305 e. The molecule has 0 bridgehead atoms. The van der Waals surface area contributed by atoms with E-state index in [0.29, 0.717) is 63.5 Å². The Kier molecular flexibility index (Phi) is 36.3. The monoisotopic (exact) mass is 1870 g/mol. The third-order valence-electron chi connectivity index (χ3n) is 23.8. The van der Waals surface area contributed by atoms with Crippen molar-refractivity contribution in [3.8, 4) is 5.75 Å². The number of unbranched alkanes of at least 4 members (excludes halogenated alkanes) is 1. The van der Waals surface area contributed by atoms with Gasteiger partial charge in [-0.3, -0.25) is 81.6 Å². The summed E-state index contributed by atoms with van der Waals surface area (Å²) >= 11 is 0.619. The number of aliphatic hydroxyl groups is 2. The first-order chi connectivity index (χ1) is 63.3. The second kappa shape index (κ2) is 47.3. The van der Waals surface area contributed by atoms with Gasteiger partial charge < -0.3 is 108 Å². The molecule has 6 aromatic rings. The molecule has 5 aromatic carbocycles. The second-order valence-electron chi connectivity index (χ2n) is 33.9. The van der Waals surface area contributed by atoms with Gasteiger partial charge in [0.05, 0.1) is 43.3 Å². The number of amides is 14. The van der Waals surface area contributed by atoms with Crippen molar-refractivity contribution in [2.45, 2.75) is 208 Å². The summed E-state index contributed by atoms with van der Waals surface area (Å²) in [6, 6.07) is 8.62. The number of nitrogens with one attached hydrogen (secondary N) is 10. The molecule has 10 rings (SSSR count). The standard InChI is InChI=1S/C91H113F3N16O22S/c1-7-8-24-68-89(130)109-31-17-25-67(109)84(125)103-64(42-75(118)119)83(124)105-77(48(2)3)90(131)107(5)69(37-49-18-11-9-12-19-49)85(126)100-61(41-74(116)117)78-91(132-78)110-45-55(113)40-70(110)86(127)102-63(39-53-43-96-59-23-16-15-22-56(53)59)82(123)101-62(35-51-26-28-54(112)29-27-51)81(122)99-60(30-32-111)80(121)104-66(79(120)97-44-72(95)114)46-133-47-73(115)98-65(36-52-33-57(92)76(94)58(93)34-52)87(128)108(6)71(88(129)106(68)4)38-50-20-13-10-14-21-50/h9-16,18-23,26-29,33-34,43,48,55,60-71,77-78,91,96,111-113H,7-8,17,24-25,30-32,35-42,44-47H2,1-6H3,(H2,95,114)(H,97,120)(H,98,115)(H,99,122)(H,100,126)(H,101,123)(H,102,127)(H,103,125)(H,104,121)(H,105,124)(H,116,117)(H,118,119)/t55-,60+,61+,62+,63+,64+,65+,66+,67-,68+,69?,70?,71?,77+,78?,91?/m1/s1. The predicted octanol–water partition coefficient (Wildman–Crippen LogP) is -0.159. The van der Waals surface area contributed by atoms with Crippen molar-refractivity contribution in [1.82, 2.24) is 77.3 Å². The molecule has 38 nitrogen and oxygen atoms in total. The van der Waals surface area contributed by atoms with Crippen LogP contribution in [0.1, 0.15) is 106 Å². The quantitative estimate of drug-likeness (QED) is 0.0293. The number of thioether (sulfide) groups is 1. The van der Waals surface area contributed by atoms with Crippen LogP contribution in [-0.2, 0) is 114 Å². The lowest BCUT2D eigenvalue weighted by atomic mass is 9.98. The highest BCUT2D eigenvalue weighted by atomic mass is 32.2. The molecule has 133 heavy (non-hydrogen) atoms. The minimum Gasteiger partial charge on any atom is -0.508 e.